The van der Waals surface area contributed by atoms with Crippen molar-refractivity contribution in [2.45, 2.75) is 48.2 Å². The van der Waals surface area contributed by atoms with Gasteiger partial charge in [-0.25, -0.2) is 21.6 Å². The first-order valence-corrected chi connectivity index (χ1v) is 12.3. The summed E-state index contributed by atoms with van der Waals surface area (Å²) in [6.07, 6.45) is 1.43. The van der Waals surface area contributed by atoms with Crippen molar-refractivity contribution < 1.29 is 26.4 Å². The van der Waals surface area contributed by atoms with Crippen molar-refractivity contribution in [3.8, 4) is 0 Å². The highest BCUT2D eigenvalue weighted by Gasteiger charge is 2.52. The Balaban J connectivity index is 1.55. The van der Waals surface area contributed by atoms with Gasteiger partial charge >= 0.3 is 0 Å². The summed E-state index contributed by atoms with van der Waals surface area (Å²) in [6, 6.07) is 4.70. The lowest BCUT2D eigenvalue weighted by atomic mass is 9.65. The summed E-state index contributed by atoms with van der Waals surface area (Å²) in [6.45, 7) is 0.805. The zero-order valence-electron chi connectivity index (χ0n) is 17.6. The first-order valence-electron chi connectivity index (χ1n) is 10.8. The van der Waals surface area contributed by atoms with E-state index >= 15 is 0 Å². The lowest BCUT2D eigenvalue weighted by molar-refractivity contribution is -0.123. The third kappa shape index (κ3) is 3.72. The van der Waals surface area contributed by atoms with Gasteiger partial charge in [-0.2, -0.15) is 0 Å². The van der Waals surface area contributed by atoms with Gasteiger partial charge < -0.3 is 16.0 Å². The number of hydrogen-bond acceptors (Lipinski definition) is 5. The number of sulfonamides is 1. The van der Waals surface area contributed by atoms with Gasteiger partial charge in [0.05, 0.1) is 28.5 Å². The minimum absolute atomic E-state index is 0.104. The second-order valence-electron chi connectivity index (χ2n) is 8.78. The summed E-state index contributed by atoms with van der Waals surface area (Å²) in [5.74, 6) is -2.28. The normalized spacial score (nSPS) is 23.5. The van der Waals surface area contributed by atoms with Gasteiger partial charge in [-0.1, -0.05) is 6.42 Å². The van der Waals surface area contributed by atoms with Crippen LogP contribution in [-0.2, 0) is 20.2 Å². The maximum Gasteiger partial charge on any atom is 0.264 e. The molecular weight excluding hydrogens is 457 g/mol. The minimum atomic E-state index is -4.39. The second-order valence-corrected chi connectivity index (χ2v) is 10.4. The van der Waals surface area contributed by atoms with E-state index in [1.54, 1.807) is 6.07 Å². The number of amides is 1. The summed E-state index contributed by atoms with van der Waals surface area (Å²) in [5.41, 5.74) is 0.896. The van der Waals surface area contributed by atoms with E-state index < -0.39 is 44.2 Å². The van der Waals surface area contributed by atoms with Crippen molar-refractivity contribution in [3.05, 3.63) is 47.5 Å². The number of fused-ring (bicyclic) bond motifs is 2. The van der Waals surface area contributed by atoms with E-state index in [9.17, 15) is 26.4 Å². The Morgan fingerprint density at radius 3 is 2.58 bits per heavy atom. The number of carbonyl (C=O) groups is 1. The van der Waals surface area contributed by atoms with Crippen LogP contribution in [0.15, 0.2) is 35.2 Å². The van der Waals surface area contributed by atoms with Gasteiger partial charge in [0.1, 0.15) is 22.7 Å². The first kappa shape index (κ1) is 22.0. The van der Waals surface area contributed by atoms with Crippen LogP contribution < -0.4 is 20.7 Å². The number of hydrogen-bond donors (Lipinski definition) is 4. The number of anilines is 3. The average molecular weight is 481 g/mol. The molecule has 1 saturated heterocycles. The van der Waals surface area contributed by atoms with Crippen molar-refractivity contribution in [2.24, 2.45) is 0 Å². The number of carbonyl (C=O) groups excluding carboxylic acids is 1. The van der Waals surface area contributed by atoms with E-state index in [4.69, 9.17) is 0 Å². The molecule has 0 radical (unpaired) electrons. The first-order chi connectivity index (χ1) is 15.7. The predicted octanol–water partition coefficient (Wildman–Crippen LogP) is 3.25. The lowest BCUT2D eigenvalue weighted by Gasteiger charge is -2.36. The predicted molar refractivity (Wildman–Crippen MR) is 118 cm³/mol. The van der Waals surface area contributed by atoms with E-state index in [1.807, 2.05) is 0 Å². The Morgan fingerprint density at radius 1 is 1.12 bits per heavy atom. The van der Waals surface area contributed by atoms with E-state index in [-0.39, 0.29) is 18.1 Å². The smallest absolute Gasteiger partial charge is 0.264 e. The van der Waals surface area contributed by atoms with Gasteiger partial charge in [0.2, 0.25) is 5.91 Å². The highest BCUT2D eigenvalue weighted by atomic mass is 32.2. The Hall–Kier alpha value is -2.79. The van der Waals surface area contributed by atoms with Crippen molar-refractivity contribution in [3.63, 3.8) is 0 Å². The summed E-state index contributed by atoms with van der Waals surface area (Å²) in [4.78, 5) is 12.1. The summed E-state index contributed by atoms with van der Waals surface area (Å²) in [5, 5.41) is 8.99. The van der Waals surface area contributed by atoms with Gasteiger partial charge in [0.25, 0.3) is 10.0 Å². The fourth-order valence-electron chi connectivity index (χ4n) is 4.80. The third-order valence-electron chi connectivity index (χ3n) is 6.72. The zero-order valence-corrected chi connectivity index (χ0v) is 18.4. The molecule has 1 spiro atoms. The van der Waals surface area contributed by atoms with Crippen LogP contribution in [0, 0.1) is 11.6 Å². The molecule has 2 unspecified atom stereocenters. The van der Waals surface area contributed by atoms with E-state index in [1.165, 1.54) is 6.07 Å². The number of piperidine rings is 1. The lowest BCUT2D eigenvalue weighted by Crippen LogP contribution is -2.45. The van der Waals surface area contributed by atoms with Crippen molar-refractivity contribution in [1.82, 2.24) is 5.32 Å². The molecule has 0 bridgehead atoms. The fourth-order valence-corrected chi connectivity index (χ4v) is 5.90. The molecule has 5 rings (SSSR count). The van der Waals surface area contributed by atoms with Crippen LogP contribution in [0.5, 0.6) is 0 Å². The highest BCUT2D eigenvalue weighted by Crippen LogP contribution is 2.54. The minimum Gasteiger partial charge on any atom is -0.378 e. The van der Waals surface area contributed by atoms with Crippen LogP contribution in [0.2, 0.25) is 0 Å². The van der Waals surface area contributed by atoms with Crippen molar-refractivity contribution in [2.75, 3.05) is 28.4 Å². The Labute approximate surface area is 189 Å². The number of benzene rings is 2. The SMILES string of the molecule is O=C1Nc2c(NC3CCNCC3F)cc(NS(=O)(=O)c3ccc(F)cc3F)cc2C12CCC2. The zero-order chi connectivity index (χ0) is 23.4. The molecule has 1 amide bonds. The highest BCUT2D eigenvalue weighted by molar-refractivity contribution is 7.92. The summed E-state index contributed by atoms with van der Waals surface area (Å²) in [7, 11) is -4.39. The largest absolute Gasteiger partial charge is 0.378 e. The molecule has 7 nitrogen and oxygen atoms in total. The van der Waals surface area contributed by atoms with Gasteiger partial charge in [0.15, 0.2) is 0 Å². The van der Waals surface area contributed by atoms with Gasteiger partial charge in [-0.15, -0.1) is 0 Å². The van der Waals surface area contributed by atoms with E-state index in [2.05, 4.69) is 20.7 Å². The molecule has 2 fully saturated rings. The van der Waals surface area contributed by atoms with Crippen LogP contribution >= 0.6 is 0 Å². The van der Waals surface area contributed by atoms with Crippen LogP contribution in [-0.4, -0.2) is 39.6 Å². The molecule has 0 aromatic heterocycles. The van der Waals surface area contributed by atoms with Crippen molar-refractivity contribution in [1.29, 1.82) is 0 Å². The second kappa shape index (κ2) is 7.91. The molecular formula is C22H23F3N4O3S. The van der Waals surface area contributed by atoms with Crippen LogP contribution in [0.3, 0.4) is 0 Å². The Bertz CT molecular complexity index is 1230. The molecule has 3 aliphatic rings. The average Bonchev–Trinajstić information content (AvgIpc) is 3.01. The van der Waals surface area contributed by atoms with E-state index in [0.717, 1.165) is 18.6 Å². The number of nitrogens with one attached hydrogen (secondary N) is 4. The standard InChI is InChI=1S/C22H23F3N4O3S/c23-12-2-3-19(15(24)8-12)33(31,32)29-13-9-14-20(28-21(30)22(14)5-1-6-22)18(10-13)27-17-4-7-26-11-16(17)25/h2-3,8-10,16-17,26-27,29H,1,4-7,11H2,(H,28,30). The maximum atomic E-state index is 14.5. The Kier molecular flexibility index (Phi) is 5.28. The number of rotatable bonds is 5. The monoisotopic (exact) mass is 480 g/mol. The molecule has 2 aromatic carbocycles. The van der Waals surface area contributed by atoms with Gasteiger partial charge in [0, 0.05) is 12.6 Å². The summed E-state index contributed by atoms with van der Waals surface area (Å²) < 4.78 is 69.9. The molecule has 176 valence electrons. The van der Waals surface area contributed by atoms with Gasteiger partial charge in [-0.05, 0) is 55.6 Å². The maximum absolute atomic E-state index is 14.5. The molecule has 11 heteroatoms. The molecule has 2 aromatic rings. The molecule has 1 aliphatic carbocycles. The number of halogens is 3. The molecule has 33 heavy (non-hydrogen) atoms. The van der Waals surface area contributed by atoms with Gasteiger partial charge in [-0.3, -0.25) is 9.52 Å². The molecule has 2 aliphatic heterocycles. The van der Waals surface area contributed by atoms with Crippen LogP contribution in [0.1, 0.15) is 31.2 Å². The van der Waals surface area contributed by atoms with Crippen LogP contribution in [0.25, 0.3) is 0 Å². The quantitative estimate of drug-likeness (QED) is 0.527. The topological polar surface area (TPSA) is 99.3 Å². The molecule has 2 heterocycles. The third-order valence-corrected chi connectivity index (χ3v) is 8.13. The molecule has 1 saturated carbocycles. The van der Waals surface area contributed by atoms with Crippen LogP contribution in [0.4, 0.5) is 30.2 Å². The molecule has 4 N–H and O–H groups in total. The fraction of sp³-hybridized carbons (Fsp3) is 0.409. The molecule has 2 atom stereocenters. The van der Waals surface area contributed by atoms with Crippen molar-refractivity contribution >= 4 is 33.0 Å². The summed E-state index contributed by atoms with van der Waals surface area (Å²) >= 11 is 0. The number of alkyl halides is 1. The van der Waals surface area contributed by atoms with E-state index in [0.29, 0.717) is 48.8 Å². The Morgan fingerprint density at radius 2 is 1.91 bits per heavy atom.